The average molecular weight is 366 g/mol. The van der Waals surface area contributed by atoms with Crippen LogP contribution in [0.4, 0.5) is 5.69 Å². The van der Waals surface area contributed by atoms with E-state index >= 15 is 0 Å². The molecule has 1 aliphatic rings. The van der Waals surface area contributed by atoms with Gasteiger partial charge in [0, 0.05) is 19.7 Å². The van der Waals surface area contributed by atoms with Crippen LogP contribution in [0.15, 0.2) is 60.3 Å². The topological polar surface area (TPSA) is 70.1 Å². The minimum absolute atomic E-state index is 0.122. The lowest BCUT2D eigenvalue weighted by Crippen LogP contribution is -2.34. The van der Waals surface area contributed by atoms with Crippen LogP contribution in [0.2, 0.25) is 0 Å². The van der Waals surface area contributed by atoms with E-state index in [1.54, 1.807) is 48.3 Å². The van der Waals surface area contributed by atoms with Crippen LogP contribution >= 0.6 is 0 Å². The zero-order chi connectivity index (χ0) is 19.4. The number of carbonyl (C=O) groups excluding carboxylic acids is 2. The maximum Gasteiger partial charge on any atom is 0.282 e. The number of hydrogen-bond donors (Lipinski definition) is 1. The molecular formula is C21H22N2O4. The van der Waals surface area contributed by atoms with Gasteiger partial charge in [0.2, 0.25) is 0 Å². The van der Waals surface area contributed by atoms with Crippen LogP contribution in [-0.2, 0) is 9.59 Å². The summed E-state index contributed by atoms with van der Waals surface area (Å²) in [6, 6.07) is 16.0. The number of ether oxygens (including phenoxy) is 1. The highest BCUT2D eigenvalue weighted by Crippen LogP contribution is 2.35. The van der Waals surface area contributed by atoms with Gasteiger partial charge in [0.05, 0.1) is 24.5 Å². The fourth-order valence-electron chi connectivity index (χ4n) is 3.11. The van der Waals surface area contributed by atoms with E-state index in [-0.39, 0.29) is 24.8 Å². The second kappa shape index (κ2) is 8.05. The first-order chi connectivity index (χ1) is 13.1. The van der Waals surface area contributed by atoms with Gasteiger partial charge in [0.15, 0.2) is 0 Å². The summed E-state index contributed by atoms with van der Waals surface area (Å²) in [5.74, 6) is -0.211. The summed E-state index contributed by atoms with van der Waals surface area (Å²) >= 11 is 0. The lowest BCUT2D eigenvalue weighted by atomic mass is 10.0. The Balaban J connectivity index is 2.08. The highest BCUT2D eigenvalue weighted by atomic mass is 16.5. The van der Waals surface area contributed by atoms with Crippen molar-refractivity contribution in [1.82, 2.24) is 4.90 Å². The Labute approximate surface area is 158 Å². The lowest BCUT2D eigenvalue weighted by molar-refractivity contribution is -0.120. The van der Waals surface area contributed by atoms with E-state index in [9.17, 15) is 14.7 Å². The third-order valence-corrected chi connectivity index (χ3v) is 4.33. The number of rotatable bonds is 7. The van der Waals surface area contributed by atoms with E-state index in [1.165, 1.54) is 0 Å². The molecular weight excluding hydrogens is 344 g/mol. The Morgan fingerprint density at radius 2 is 1.78 bits per heavy atom. The van der Waals surface area contributed by atoms with Crippen LogP contribution in [0.5, 0.6) is 5.75 Å². The van der Waals surface area contributed by atoms with Crippen molar-refractivity contribution in [2.75, 3.05) is 31.7 Å². The molecule has 2 aromatic carbocycles. The van der Waals surface area contributed by atoms with Crippen LogP contribution in [0.25, 0.3) is 5.57 Å². The van der Waals surface area contributed by atoms with Crippen molar-refractivity contribution in [2.45, 2.75) is 6.92 Å². The summed E-state index contributed by atoms with van der Waals surface area (Å²) in [6.07, 6.45) is 0. The Morgan fingerprint density at radius 1 is 1.04 bits per heavy atom. The molecule has 0 bridgehead atoms. The van der Waals surface area contributed by atoms with Crippen molar-refractivity contribution in [3.05, 3.63) is 65.9 Å². The van der Waals surface area contributed by atoms with Crippen molar-refractivity contribution in [3.8, 4) is 5.75 Å². The fraction of sp³-hybridized carbons (Fsp3) is 0.238. The number of aliphatic hydroxyl groups excluding tert-OH is 1. The number of benzene rings is 2. The van der Waals surface area contributed by atoms with E-state index in [0.29, 0.717) is 29.2 Å². The molecule has 0 unspecified atom stereocenters. The fourth-order valence-corrected chi connectivity index (χ4v) is 3.11. The number of imide groups is 1. The van der Waals surface area contributed by atoms with Crippen molar-refractivity contribution in [3.63, 3.8) is 0 Å². The molecule has 0 spiro atoms. The Hall–Kier alpha value is -3.12. The second-order valence-electron chi connectivity index (χ2n) is 6.11. The number of nitrogens with zero attached hydrogens (tertiary/aromatic N) is 2. The largest absolute Gasteiger partial charge is 0.494 e. The molecule has 1 heterocycles. The number of likely N-dealkylation sites (N-methyl/N-ethyl adjacent to an activating group) is 1. The van der Waals surface area contributed by atoms with Gasteiger partial charge in [0.25, 0.3) is 11.8 Å². The van der Waals surface area contributed by atoms with Gasteiger partial charge in [-0.3, -0.25) is 9.59 Å². The number of anilines is 1. The molecule has 1 N–H and O–H groups in total. The second-order valence-corrected chi connectivity index (χ2v) is 6.11. The summed E-state index contributed by atoms with van der Waals surface area (Å²) in [6.45, 7) is 2.49. The van der Waals surface area contributed by atoms with E-state index in [0.717, 1.165) is 4.90 Å². The zero-order valence-electron chi connectivity index (χ0n) is 15.4. The summed E-state index contributed by atoms with van der Waals surface area (Å²) in [5.41, 5.74) is 1.73. The molecule has 0 aliphatic carbocycles. The van der Waals surface area contributed by atoms with Gasteiger partial charge >= 0.3 is 0 Å². The Bertz CT molecular complexity index is 877. The summed E-state index contributed by atoms with van der Waals surface area (Å²) in [7, 11) is 1.69. The molecule has 0 saturated heterocycles. The smallest absolute Gasteiger partial charge is 0.282 e. The van der Waals surface area contributed by atoms with Gasteiger partial charge in [-0.15, -0.1) is 0 Å². The zero-order valence-corrected chi connectivity index (χ0v) is 15.4. The maximum atomic E-state index is 13.2. The Morgan fingerprint density at radius 3 is 2.44 bits per heavy atom. The third kappa shape index (κ3) is 3.57. The molecule has 0 saturated carbocycles. The van der Waals surface area contributed by atoms with Gasteiger partial charge in [-0.2, -0.15) is 0 Å². The maximum absolute atomic E-state index is 13.2. The van der Waals surface area contributed by atoms with Gasteiger partial charge in [0.1, 0.15) is 11.4 Å². The minimum Gasteiger partial charge on any atom is -0.494 e. The first-order valence-corrected chi connectivity index (χ1v) is 8.81. The molecule has 1 aliphatic heterocycles. The van der Waals surface area contributed by atoms with Crippen LogP contribution < -0.4 is 9.64 Å². The van der Waals surface area contributed by atoms with Gasteiger partial charge in [-0.25, -0.2) is 4.90 Å². The predicted molar refractivity (Wildman–Crippen MR) is 103 cm³/mol. The quantitative estimate of drug-likeness (QED) is 0.762. The third-order valence-electron chi connectivity index (χ3n) is 4.33. The molecule has 3 rings (SSSR count). The molecule has 0 radical (unpaired) electrons. The summed E-state index contributed by atoms with van der Waals surface area (Å²) in [4.78, 5) is 29.2. The number of amides is 2. The number of carbonyl (C=O) groups is 2. The first kappa shape index (κ1) is 18.7. The number of hydrogen-bond acceptors (Lipinski definition) is 5. The predicted octanol–water partition coefficient (Wildman–Crippen LogP) is 2.29. The standard InChI is InChI=1S/C21H22N2O4/c1-3-27-17-11-7-10-16(14-17)23-20(25)18(15-8-5-4-6-9-15)19(21(23)26)22(2)12-13-24/h4-11,14,24H,3,12-13H2,1-2H3. The molecule has 27 heavy (non-hydrogen) atoms. The molecule has 0 atom stereocenters. The molecule has 0 aromatic heterocycles. The SMILES string of the molecule is CCOc1cccc(N2C(=O)C(c3ccccc3)=C(N(C)CCO)C2=O)c1. The molecule has 6 nitrogen and oxygen atoms in total. The van der Waals surface area contributed by atoms with Crippen LogP contribution in [0.1, 0.15) is 12.5 Å². The van der Waals surface area contributed by atoms with Crippen molar-refractivity contribution < 1.29 is 19.4 Å². The highest BCUT2D eigenvalue weighted by molar-refractivity contribution is 6.45. The van der Waals surface area contributed by atoms with Crippen molar-refractivity contribution in [1.29, 1.82) is 0 Å². The van der Waals surface area contributed by atoms with Gasteiger partial charge in [-0.1, -0.05) is 36.4 Å². The van der Waals surface area contributed by atoms with Crippen LogP contribution in [0.3, 0.4) is 0 Å². The normalized spacial score (nSPS) is 14.1. The van der Waals surface area contributed by atoms with E-state index in [2.05, 4.69) is 0 Å². The van der Waals surface area contributed by atoms with Crippen LogP contribution in [-0.4, -0.2) is 48.6 Å². The number of aliphatic hydroxyl groups is 1. The average Bonchev–Trinajstić information content (AvgIpc) is 2.93. The van der Waals surface area contributed by atoms with E-state index in [1.807, 2.05) is 25.1 Å². The first-order valence-electron chi connectivity index (χ1n) is 8.81. The van der Waals surface area contributed by atoms with Crippen molar-refractivity contribution in [2.24, 2.45) is 0 Å². The van der Waals surface area contributed by atoms with Gasteiger partial charge in [-0.05, 0) is 24.6 Å². The monoisotopic (exact) mass is 366 g/mol. The molecule has 140 valence electrons. The van der Waals surface area contributed by atoms with Crippen LogP contribution in [0, 0.1) is 0 Å². The van der Waals surface area contributed by atoms with Crippen molar-refractivity contribution >= 4 is 23.1 Å². The highest BCUT2D eigenvalue weighted by Gasteiger charge is 2.41. The summed E-state index contributed by atoms with van der Waals surface area (Å²) < 4.78 is 5.49. The molecule has 2 amide bonds. The molecule has 2 aromatic rings. The molecule has 6 heteroatoms. The lowest BCUT2D eigenvalue weighted by Gasteiger charge is -2.20. The summed E-state index contributed by atoms with van der Waals surface area (Å²) in [5, 5.41) is 9.29. The Kier molecular flexibility index (Phi) is 5.57. The van der Waals surface area contributed by atoms with Gasteiger partial charge < -0.3 is 14.7 Å². The van der Waals surface area contributed by atoms with E-state index in [4.69, 9.17) is 4.74 Å². The van der Waals surface area contributed by atoms with E-state index < -0.39 is 5.91 Å². The minimum atomic E-state index is -0.413. The molecule has 0 fully saturated rings.